The van der Waals surface area contributed by atoms with E-state index in [1.54, 1.807) is 12.8 Å². The third-order valence-corrected chi connectivity index (χ3v) is 12.3. The fourth-order valence-corrected chi connectivity index (χ4v) is 10.8. The Hall–Kier alpha value is -0.520. The zero-order valence-corrected chi connectivity index (χ0v) is 26.5. The molecule has 0 aliphatic heterocycles. The van der Waals surface area contributed by atoms with Crippen LogP contribution in [0.15, 0.2) is 24.3 Å². The summed E-state index contributed by atoms with van der Waals surface area (Å²) in [6, 6.07) is 0. The molecule has 0 N–H and O–H groups in total. The molecule has 4 rings (SSSR count). The molecule has 37 heavy (non-hydrogen) atoms. The molecule has 0 bridgehead atoms. The Morgan fingerprint density at radius 1 is 0.730 bits per heavy atom. The molecule has 4 aliphatic rings. The molecule has 0 heteroatoms. The highest BCUT2D eigenvalue weighted by Gasteiger charge is 2.59. The van der Waals surface area contributed by atoms with Crippen molar-refractivity contribution in [2.24, 2.45) is 57.2 Å². The van der Waals surface area contributed by atoms with Crippen molar-refractivity contribution in [1.29, 1.82) is 0 Å². The van der Waals surface area contributed by atoms with E-state index >= 15 is 0 Å². The van der Waals surface area contributed by atoms with Gasteiger partial charge in [0.2, 0.25) is 0 Å². The van der Waals surface area contributed by atoms with Crippen LogP contribution in [0.5, 0.6) is 0 Å². The molecular weight excluding hydrogens is 444 g/mol. The monoisotopic (exact) mass is 509 g/mol. The third kappa shape index (κ3) is 6.30. The number of hydrogen-bond donors (Lipinski definition) is 0. The molecule has 7 atom stereocenters. The van der Waals surface area contributed by atoms with Crippen molar-refractivity contribution in [2.45, 2.75) is 152 Å². The Morgan fingerprint density at radius 3 is 1.97 bits per heavy atom. The molecule has 0 radical (unpaired) electrons. The van der Waals surface area contributed by atoms with Gasteiger partial charge in [0.1, 0.15) is 0 Å². The summed E-state index contributed by atoms with van der Waals surface area (Å²) >= 11 is 0. The zero-order valence-electron chi connectivity index (χ0n) is 26.5. The molecule has 0 spiro atoms. The smallest absolute Gasteiger partial charge is 0.000195 e. The van der Waals surface area contributed by atoms with E-state index in [9.17, 15) is 0 Å². The maximum atomic E-state index is 4.64. The molecule has 7 unspecified atom stereocenters. The van der Waals surface area contributed by atoms with E-state index in [1.807, 2.05) is 0 Å². The summed E-state index contributed by atoms with van der Waals surface area (Å²) in [5, 5.41) is 0. The van der Waals surface area contributed by atoms with Gasteiger partial charge >= 0.3 is 0 Å². The SMILES string of the molecule is C=C(CC(C)(C)C)C(CCCC1CCC2C3CCC4CCCCC4(C)C3CCC12C)C(=C)CC(C)(C)C. The van der Waals surface area contributed by atoms with Crippen molar-refractivity contribution in [3.63, 3.8) is 0 Å². The highest BCUT2D eigenvalue weighted by atomic mass is 14.6. The van der Waals surface area contributed by atoms with Gasteiger partial charge in [-0.2, -0.15) is 0 Å². The lowest BCUT2D eigenvalue weighted by Gasteiger charge is -2.60. The van der Waals surface area contributed by atoms with Gasteiger partial charge in [-0.25, -0.2) is 0 Å². The summed E-state index contributed by atoms with van der Waals surface area (Å²) in [4.78, 5) is 0. The van der Waals surface area contributed by atoms with E-state index in [2.05, 4.69) is 68.5 Å². The van der Waals surface area contributed by atoms with Crippen LogP contribution in [0.1, 0.15) is 152 Å². The van der Waals surface area contributed by atoms with E-state index in [0.717, 1.165) is 42.4 Å². The normalized spacial score (nSPS) is 38.1. The average Bonchev–Trinajstić information content (AvgIpc) is 3.10. The summed E-state index contributed by atoms with van der Waals surface area (Å²) in [6.07, 6.45) is 21.6. The minimum absolute atomic E-state index is 0.302. The van der Waals surface area contributed by atoms with E-state index in [4.69, 9.17) is 0 Å². The topological polar surface area (TPSA) is 0 Å². The van der Waals surface area contributed by atoms with Crippen LogP contribution >= 0.6 is 0 Å². The molecular formula is C37H64. The van der Waals surface area contributed by atoms with Crippen molar-refractivity contribution in [3.8, 4) is 0 Å². The van der Waals surface area contributed by atoms with Crippen LogP contribution in [0, 0.1) is 57.2 Å². The first-order chi connectivity index (χ1) is 17.1. The Labute approximate surface area is 232 Å². The second-order valence-corrected chi connectivity index (χ2v) is 17.5. The van der Waals surface area contributed by atoms with Crippen LogP contribution in [-0.4, -0.2) is 0 Å². The van der Waals surface area contributed by atoms with Gasteiger partial charge < -0.3 is 0 Å². The Morgan fingerprint density at radius 2 is 1.35 bits per heavy atom. The lowest BCUT2D eigenvalue weighted by Crippen LogP contribution is -2.52. The largest absolute Gasteiger partial charge is 0.0992 e. The Kier molecular flexibility index (Phi) is 8.60. The summed E-state index contributed by atoms with van der Waals surface area (Å²) in [5.74, 6) is 5.58. The molecule has 0 aromatic carbocycles. The fourth-order valence-electron chi connectivity index (χ4n) is 10.8. The first-order valence-electron chi connectivity index (χ1n) is 16.5. The first kappa shape index (κ1) is 29.5. The molecule has 4 aliphatic carbocycles. The van der Waals surface area contributed by atoms with Crippen LogP contribution in [0.4, 0.5) is 0 Å². The number of rotatable bonds is 8. The van der Waals surface area contributed by atoms with Crippen LogP contribution in [-0.2, 0) is 0 Å². The predicted octanol–water partition coefficient (Wildman–Crippen LogP) is 11.8. The van der Waals surface area contributed by atoms with Gasteiger partial charge in [-0.05, 0) is 128 Å². The van der Waals surface area contributed by atoms with Crippen molar-refractivity contribution >= 4 is 0 Å². The second kappa shape index (κ2) is 10.8. The van der Waals surface area contributed by atoms with Gasteiger partial charge in [-0.3, -0.25) is 0 Å². The van der Waals surface area contributed by atoms with E-state index < -0.39 is 0 Å². The van der Waals surface area contributed by atoms with Gasteiger partial charge in [0.15, 0.2) is 0 Å². The molecule has 0 amide bonds. The fraction of sp³-hybridized carbons (Fsp3) is 0.892. The molecule has 4 saturated carbocycles. The minimum Gasteiger partial charge on any atom is -0.0992 e. The van der Waals surface area contributed by atoms with E-state index in [0.29, 0.717) is 27.6 Å². The molecule has 0 aromatic rings. The predicted molar refractivity (Wildman–Crippen MR) is 164 cm³/mol. The summed E-state index contributed by atoms with van der Waals surface area (Å²) in [5.41, 5.74) is 4.77. The van der Waals surface area contributed by atoms with Gasteiger partial charge in [0, 0.05) is 5.92 Å². The standard InChI is InChI=1S/C37H64/c1-26(24-34(3,4)5)30(27(2)25-35(6,7)8)16-13-15-29-18-20-32-31-19-17-28-14-11-12-22-36(28,9)33(31)21-23-37(29,32)10/h28-33H,1-2,11-25H2,3-10H3. The highest BCUT2D eigenvalue weighted by molar-refractivity contribution is 5.19. The van der Waals surface area contributed by atoms with Gasteiger partial charge in [-0.1, -0.05) is 99.0 Å². The first-order valence-corrected chi connectivity index (χ1v) is 16.5. The van der Waals surface area contributed by atoms with Crippen molar-refractivity contribution in [2.75, 3.05) is 0 Å². The maximum absolute atomic E-state index is 4.64. The molecule has 0 saturated heterocycles. The van der Waals surface area contributed by atoms with Gasteiger partial charge in [0.05, 0.1) is 0 Å². The summed E-state index contributed by atoms with van der Waals surface area (Å²) in [6.45, 7) is 28.9. The van der Waals surface area contributed by atoms with Crippen LogP contribution < -0.4 is 0 Å². The minimum atomic E-state index is 0.302. The van der Waals surface area contributed by atoms with Crippen molar-refractivity contribution in [1.82, 2.24) is 0 Å². The molecule has 0 heterocycles. The Balaban J connectivity index is 1.39. The lowest BCUT2D eigenvalue weighted by molar-refractivity contribution is -0.111. The maximum Gasteiger partial charge on any atom is 0.000195 e. The number of fused-ring (bicyclic) bond motifs is 5. The molecule has 212 valence electrons. The molecule has 0 nitrogen and oxygen atoms in total. The van der Waals surface area contributed by atoms with Gasteiger partial charge in [-0.15, -0.1) is 0 Å². The lowest BCUT2D eigenvalue weighted by atomic mass is 9.45. The van der Waals surface area contributed by atoms with Gasteiger partial charge in [0.25, 0.3) is 0 Å². The highest BCUT2D eigenvalue weighted by Crippen LogP contribution is 2.68. The van der Waals surface area contributed by atoms with Crippen LogP contribution in [0.25, 0.3) is 0 Å². The van der Waals surface area contributed by atoms with Crippen molar-refractivity contribution < 1.29 is 0 Å². The summed E-state index contributed by atoms with van der Waals surface area (Å²) < 4.78 is 0. The summed E-state index contributed by atoms with van der Waals surface area (Å²) in [7, 11) is 0. The van der Waals surface area contributed by atoms with E-state index in [1.165, 1.54) is 81.8 Å². The Bertz CT molecular complexity index is 788. The van der Waals surface area contributed by atoms with E-state index in [-0.39, 0.29) is 0 Å². The van der Waals surface area contributed by atoms with Crippen LogP contribution in [0.3, 0.4) is 0 Å². The quantitative estimate of drug-likeness (QED) is 0.286. The van der Waals surface area contributed by atoms with Crippen LogP contribution in [0.2, 0.25) is 0 Å². The third-order valence-electron chi connectivity index (χ3n) is 12.3. The number of allylic oxidation sites excluding steroid dienone is 2. The van der Waals surface area contributed by atoms with Crippen molar-refractivity contribution in [3.05, 3.63) is 24.3 Å². The molecule has 4 fully saturated rings. The second-order valence-electron chi connectivity index (χ2n) is 17.5. The average molecular weight is 509 g/mol. The molecule has 0 aromatic heterocycles. The zero-order chi connectivity index (χ0) is 27.2. The number of hydrogen-bond acceptors (Lipinski definition) is 0.